The van der Waals surface area contributed by atoms with E-state index in [2.05, 4.69) is 10.6 Å². The summed E-state index contributed by atoms with van der Waals surface area (Å²) in [5.41, 5.74) is 2.69. The minimum Gasteiger partial charge on any atom is -0.374 e. The third-order valence-electron chi connectivity index (χ3n) is 7.71. The zero-order chi connectivity index (χ0) is 37.4. The molecule has 0 saturated carbocycles. The van der Waals surface area contributed by atoms with Crippen LogP contribution in [0.3, 0.4) is 0 Å². The van der Waals surface area contributed by atoms with Crippen molar-refractivity contribution in [2.75, 3.05) is 52.7 Å². The Morgan fingerprint density at radius 1 is 0.577 bits per heavy atom. The van der Waals surface area contributed by atoms with Crippen LogP contribution in [0.4, 0.5) is 9.59 Å². The van der Waals surface area contributed by atoms with Crippen LogP contribution in [-0.4, -0.2) is 102 Å². The van der Waals surface area contributed by atoms with Crippen LogP contribution in [0.15, 0.2) is 58.8 Å². The Morgan fingerprint density at radius 2 is 0.904 bits per heavy atom. The van der Waals surface area contributed by atoms with Gasteiger partial charge in [0.05, 0.1) is 22.1 Å². The molecule has 2 amide bonds. The first-order valence-corrected chi connectivity index (χ1v) is 24.0. The lowest BCUT2D eigenvalue weighted by Gasteiger charge is -2.28. The number of rotatable bonds is 23. The fourth-order valence-corrected chi connectivity index (χ4v) is 13.0. The number of hydrogen-bond donors (Lipinski definition) is 2. The molecule has 2 aromatic heterocycles. The van der Waals surface area contributed by atoms with E-state index < -0.39 is 17.6 Å². The molecule has 0 saturated heterocycles. The van der Waals surface area contributed by atoms with Gasteiger partial charge in [-0.3, -0.25) is 0 Å². The molecule has 2 aromatic carbocycles. The number of amides is 2. The molecule has 0 unspecified atom stereocenters. The lowest BCUT2D eigenvalue weighted by Crippen LogP contribution is -2.46. The first-order valence-electron chi connectivity index (χ1n) is 18.0. The summed E-state index contributed by atoms with van der Waals surface area (Å²) in [5, 5.41) is 6.98. The van der Waals surface area contributed by atoms with Gasteiger partial charge in [-0.15, -0.1) is 0 Å². The van der Waals surface area contributed by atoms with Crippen LogP contribution in [-0.2, 0) is 26.6 Å². The number of para-hydroxylation sites is 4. The molecule has 2 heterocycles. The Hall–Kier alpha value is -2.79. The van der Waals surface area contributed by atoms with Crippen molar-refractivity contribution in [3.05, 3.63) is 48.5 Å². The van der Waals surface area contributed by atoms with Gasteiger partial charge in [0.15, 0.2) is 10.3 Å². The number of fused-ring (bicyclic) bond motifs is 2. The van der Waals surface area contributed by atoms with Gasteiger partial charge in [0, 0.05) is 64.8 Å². The number of aromatic nitrogens is 4. The SMILES string of the molecule is CCO[Si](CCCNC(=O)n1c(SSc2nc3ccccc3n2C(=O)NCCC[Si](OCC)(OCC)OCC)nc2ccccc21)(OCC)OCC. The van der Waals surface area contributed by atoms with E-state index in [1.165, 1.54) is 21.6 Å². The maximum Gasteiger partial charge on any atom is 0.500 e. The smallest absolute Gasteiger partial charge is 0.374 e. The van der Waals surface area contributed by atoms with Crippen LogP contribution in [0.5, 0.6) is 0 Å². The van der Waals surface area contributed by atoms with E-state index in [1.807, 2.05) is 90.1 Å². The molecule has 2 N–H and O–H groups in total. The minimum atomic E-state index is -2.83. The predicted octanol–water partition coefficient (Wildman–Crippen LogP) is 7.18. The van der Waals surface area contributed by atoms with Gasteiger partial charge in [-0.2, -0.15) is 0 Å². The van der Waals surface area contributed by atoms with Gasteiger partial charge in [0.25, 0.3) is 0 Å². The van der Waals surface area contributed by atoms with E-state index in [-0.39, 0.29) is 12.1 Å². The second-order valence-corrected chi connectivity index (χ2v) is 18.8. The fourth-order valence-electron chi connectivity index (χ4n) is 5.75. The summed E-state index contributed by atoms with van der Waals surface area (Å²) in [6.07, 6.45) is 1.24. The molecule has 4 rings (SSSR count). The Balaban J connectivity index is 1.48. The van der Waals surface area contributed by atoms with E-state index in [0.717, 1.165) is 0 Å². The fraction of sp³-hybridized carbons (Fsp3) is 0.529. The van der Waals surface area contributed by atoms with Crippen LogP contribution >= 0.6 is 21.6 Å². The van der Waals surface area contributed by atoms with Gasteiger partial charge in [-0.05, 0) is 100 Å². The number of carbonyl (C=O) groups excluding carboxylic acids is 2. The second-order valence-electron chi connectivity index (χ2n) is 11.2. The molecule has 0 fully saturated rings. The third-order valence-corrected chi connectivity index (χ3v) is 16.1. The van der Waals surface area contributed by atoms with Crippen molar-refractivity contribution in [3.8, 4) is 0 Å². The van der Waals surface area contributed by atoms with Gasteiger partial charge in [-0.1, -0.05) is 24.3 Å². The minimum absolute atomic E-state index is 0.315. The van der Waals surface area contributed by atoms with E-state index >= 15 is 0 Å². The monoisotopic (exact) mass is 792 g/mol. The van der Waals surface area contributed by atoms with Crippen LogP contribution in [0.25, 0.3) is 22.1 Å². The van der Waals surface area contributed by atoms with Crippen LogP contribution in [0.2, 0.25) is 12.1 Å². The summed E-state index contributed by atoms with van der Waals surface area (Å²) >= 11 is 0. The van der Waals surface area contributed by atoms with Crippen molar-refractivity contribution in [1.82, 2.24) is 29.7 Å². The topological polar surface area (TPSA) is 149 Å². The van der Waals surface area contributed by atoms with E-state index in [0.29, 0.717) is 110 Å². The zero-order valence-corrected chi connectivity index (χ0v) is 34.6. The molecular weight excluding hydrogens is 741 g/mol. The van der Waals surface area contributed by atoms with Gasteiger partial charge in [-0.25, -0.2) is 28.7 Å². The Kier molecular flexibility index (Phi) is 17.1. The molecule has 0 bridgehead atoms. The number of carbonyl (C=O) groups is 2. The molecule has 286 valence electrons. The number of nitrogens with zero attached hydrogens (tertiary/aromatic N) is 4. The molecule has 18 heteroatoms. The van der Waals surface area contributed by atoms with Crippen molar-refractivity contribution in [2.45, 2.75) is 76.8 Å². The average molecular weight is 793 g/mol. The third kappa shape index (κ3) is 10.9. The molecule has 0 aliphatic heterocycles. The van der Waals surface area contributed by atoms with E-state index in [9.17, 15) is 9.59 Å². The highest BCUT2D eigenvalue weighted by Gasteiger charge is 2.40. The van der Waals surface area contributed by atoms with Crippen LogP contribution in [0, 0.1) is 0 Å². The maximum absolute atomic E-state index is 13.7. The lowest BCUT2D eigenvalue weighted by molar-refractivity contribution is 0.0700. The molecule has 4 aromatic rings. The first-order chi connectivity index (χ1) is 25.3. The number of nitrogens with one attached hydrogen (secondary N) is 2. The Morgan fingerprint density at radius 3 is 1.23 bits per heavy atom. The van der Waals surface area contributed by atoms with Gasteiger partial charge in [0.2, 0.25) is 0 Å². The summed E-state index contributed by atoms with van der Waals surface area (Å²) in [4.78, 5) is 37.0. The standard InChI is InChI=1S/C34H52N6O8S2Si2/c1-7-43-51(44-8-2,45-9-3)25-17-23-35-31(41)39-29-21-15-13-19-27(29)37-33(39)49-50-34-38-28-20-14-16-22-30(28)40(34)32(42)36-24-18-26-52(46-10-4,47-11-5)48-12-6/h13-16,19-22H,7-12,17-18,23-26H2,1-6H3,(H,35,41)(H,36,42). The molecule has 0 radical (unpaired) electrons. The molecule has 0 atom stereocenters. The van der Waals surface area contributed by atoms with Crippen molar-refractivity contribution in [2.24, 2.45) is 0 Å². The predicted molar refractivity (Wildman–Crippen MR) is 209 cm³/mol. The van der Waals surface area contributed by atoms with E-state index in [1.54, 1.807) is 9.13 Å². The summed E-state index contributed by atoms with van der Waals surface area (Å²) in [6.45, 7) is 15.3. The van der Waals surface area contributed by atoms with Crippen molar-refractivity contribution < 1.29 is 36.1 Å². The van der Waals surface area contributed by atoms with Crippen molar-refractivity contribution in [3.63, 3.8) is 0 Å². The number of imidazole rings is 2. The van der Waals surface area contributed by atoms with Gasteiger partial charge >= 0.3 is 29.7 Å². The molecule has 52 heavy (non-hydrogen) atoms. The van der Waals surface area contributed by atoms with Crippen LogP contribution in [0.1, 0.15) is 54.4 Å². The molecule has 14 nitrogen and oxygen atoms in total. The molecule has 0 spiro atoms. The quantitative estimate of drug-likeness (QED) is 0.0445. The summed E-state index contributed by atoms with van der Waals surface area (Å²) in [5.74, 6) is 0. The van der Waals surface area contributed by atoms with Gasteiger partial charge in [0.1, 0.15) is 0 Å². The van der Waals surface area contributed by atoms with Crippen molar-refractivity contribution >= 4 is 73.3 Å². The number of hydrogen-bond acceptors (Lipinski definition) is 12. The highest BCUT2D eigenvalue weighted by Crippen LogP contribution is 2.39. The normalized spacial score (nSPS) is 12.2. The largest absolute Gasteiger partial charge is 0.500 e. The lowest BCUT2D eigenvalue weighted by atomic mass is 10.3. The number of benzene rings is 2. The maximum atomic E-state index is 13.7. The molecular formula is C34H52N6O8S2Si2. The highest BCUT2D eigenvalue weighted by molar-refractivity contribution is 8.76. The van der Waals surface area contributed by atoms with E-state index in [4.69, 9.17) is 36.5 Å². The Bertz CT molecular complexity index is 1570. The zero-order valence-electron chi connectivity index (χ0n) is 31.0. The van der Waals surface area contributed by atoms with Crippen molar-refractivity contribution in [1.29, 1.82) is 0 Å². The molecule has 0 aliphatic carbocycles. The first kappa shape index (κ1) is 42.0. The van der Waals surface area contributed by atoms with Crippen LogP contribution < -0.4 is 10.6 Å². The second kappa shape index (κ2) is 21.2. The summed E-state index contributed by atoms with van der Waals surface area (Å²) in [6, 6.07) is 15.5. The Labute approximate surface area is 316 Å². The highest BCUT2D eigenvalue weighted by atomic mass is 33.1. The molecule has 0 aliphatic rings. The average Bonchev–Trinajstić information content (AvgIpc) is 3.70. The summed E-state index contributed by atoms with van der Waals surface area (Å²) in [7, 11) is -3.15. The summed E-state index contributed by atoms with van der Waals surface area (Å²) < 4.78 is 38.9. The van der Waals surface area contributed by atoms with Gasteiger partial charge < -0.3 is 37.2 Å².